The van der Waals surface area contributed by atoms with Crippen LogP contribution < -0.4 is 5.43 Å². The van der Waals surface area contributed by atoms with E-state index in [4.69, 9.17) is 0 Å². The van der Waals surface area contributed by atoms with Crippen molar-refractivity contribution in [3.8, 4) is 0 Å². The molecule has 1 aliphatic rings. The zero-order valence-electron chi connectivity index (χ0n) is 8.09. The molecular weight excluding hydrogens is 188 g/mol. The van der Waals surface area contributed by atoms with Crippen molar-refractivity contribution in [1.29, 1.82) is 0 Å². The molecule has 1 saturated heterocycles. The average Bonchev–Trinajstić information content (AvgIpc) is 2.12. The zero-order valence-corrected chi connectivity index (χ0v) is 9.73. The fourth-order valence-corrected chi connectivity index (χ4v) is 3.11. The van der Waals surface area contributed by atoms with Crippen LogP contribution in [0.1, 0.15) is 20.8 Å². The van der Waals surface area contributed by atoms with Gasteiger partial charge in [0.1, 0.15) is 0 Å². The van der Waals surface area contributed by atoms with E-state index < -0.39 is 0 Å². The first-order valence-corrected chi connectivity index (χ1v) is 6.57. The van der Waals surface area contributed by atoms with Gasteiger partial charge in [-0.1, -0.05) is 0 Å². The number of nitrogens with zero attached hydrogens (tertiary/aromatic N) is 1. The molecular formula is C8H18N2S2. The molecule has 0 aromatic carbocycles. The molecule has 2 nitrogen and oxygen atoms in total. The molecule has 0 aromatic heterocycles. The van der Waals surface area contributed by atoms with E-state index in [2.05, 4.69) is 31.2 Å². The van der Waals surface area contributed by atoms with E-state index in [-0.39, 0.29) is 5.54 Å². The third kappa shape index (κ3) is 4.60. The van der Waals surface area contributed by atoms with Gasteiger partial charge < -0.3 is 0 Å². The van der Waals surface area contributed by atoms with Gasteiger partial charge in [0.05, 0.1) is 11.8 Å². The lowest BCUT2D eigenvalue weighted by Crippen LogP contribution is -2.48. The highest BCUT2D eigenvalue weighted by atomic mass is 32.2. The summed E-state index contributed by atoms with van der Waals surface area (Å²) in [6, 6.07) is 0. The monoisotopic (exact) mass is 206 g/mol. The van der Waals surface area contributed by atoms with Crippen molar-refractivity contribution < 1.29 is 0 Å². The van der Waals surface area contributed by atoms with Crippen LogP contribution in [0.25, 0.3) is 0 Å². The minimum Gasteiger partial charge on any atom is -0.248 e. The number of hydrogen-bond acceptors (Lipinski definition) is 4. The first-order valence-electron chi connectivity index (χ1n) is 4.26. The standard InChI is InChI=1S/C8H18N2S2/c1-8(2,3)9-10-6-11-4-5-12-7-10/h9H,4-7H2,1-3H3. The molecule has 0 bridgehead atoms. The van der Waals surface area contributed by atoms with Gasteiger partial charge in [0, 0.05) is 17.0 Å². The van der Waals surface area contributed by atoms with Crippen LogP contribution in [0.15, 0.2) is 0 Å². The minimum atomic E-state index is 0.200. The molecule has 12 heavy (non-hydrogen) atoms. The Labute approximate surface area is 83.8 Å². The molecule has 0 spiro atoms. The highest BCUT2D eigenvalue weighted by Gasteiger charge is 2.16. The molecule has 0 unspecified atom stereocenters. The minimum absolute atomic E-state index is 0.200. The Morgan fingerprint density at radius 1 is 1.08 bits per heavy atom. The SMILES string of the molecule is CC(C)(C)NN1CSCCSC1. The molecule has 0 saturated carbocycles. The molecule has 72 valence electrons. The fraction of sp³-hybridized carbons (Fsp3) is 1.00. The summed E-state index contributed by atoms with van der Waals surface area (Å²) in [4.78, 5) is 0. The molecule has 0 amide bonds. The first-order chi connectivity index (χ1) is 5.58. The lowest BCUT2D eigenvalue weighted by atomic mass is 10.1. The molecule has 1 rings (SSSR count). The summed E-state index contributed by atoms with van der Waals surface area (Å²) >= 11 is 4.01. The van der Waals surface area contributed by atoms with Crippen LogP contribution in [-0.2, 0) is 0 Å². The van der Waals surface area contributed by atoms with Gasteiger partial charge in [0.2, 0.25) is 0 Å². The molecule has 0 aromatic rings. The Bertz CT molecular complexity index is 126. The first kappa shape index (κ1) is 10.7. The van der Waals surface area contributed by atoms with Crippen molar-refractivity contribution in [2.45, 2.75) is 26.3 Å². The molecule has 1 fully saturated rings. The third-order valence-electron chi connectivity index (χ3n) is 1.36. The van der Waals surface area contributed by atoms with E-state index in [0.717, 1.165) is 11.8 Å². The molecule has 1 aliphatic heterocycles. The van der Waals surface area contributed by atoms with Crippen molar-refractivity contribution in [3.63, 3.8) is 0 Å². The molecule has 0 radical (unpaired) electrons. The highest BCUT2D eigenvalue weighted by Crippen LogP contribution is 2.16. The summed E-state index contributed by atoms with van der Waals surface area (Å²) in [5.41, 5.74) is 3.69. The van der Waals surface area contributed by atoms with Gasteiger partial charge in [-0.05, 0) is 20.8 Å². The predicted octanol–water partition coefficient (Wildman–Crippen LogP) is 1.99. The van der Waals surface area contributed by atoms with Crippen LogP contribution in [0.4, 0.5) is 0 Å². The summed E-state index contributed by atoms with van der Waals surface area (Å²) in [5, 5.41) is 2.31. The van der Waals surface area contributed by atoms with E-state index in [0.29, 0.717) is 0 Å². The van der Waals surface area contributed by atoms with E-state index in [1.807, 2.05) is 23.5 Å². The lowest BCUT2D eigenvalue weighted by molar-refractivity contribution is 0.182. The van der Waals surface area contributed by atoms with Gasteiger partial charge in [-0.2, -0.15) is 0 Å². The maximum Gasteiger partial charge on any atom is 0.0597 e. The fourth-order valence-electron chi connectivity index (χ4n) is 1.04. The molecule has 1 heterocycles. The Morgan fingerprint density at radius 3 is 2.00 bits per heavy atom. The zero-order chi connectivity index (χ0) is 9.03. The van der Waals surface area contributed by atoms with E-state index in [1.165, 1.54) is 11.5 Å². The second kappa shape index (κ2) is 4.74. The summed E-state index contributed by atoms with van der Waals surface area (Å²) in [7, 11) is 0. The van der Waals surface area contributed by atoms with Crippen LogP contribution in [0.2, 0.25) is 0 Å². The van der Waals surface area contributed by atoms with E-state index in [1.54, 1.807) is 0 Å². The summed E-state index contributed by atoms with van der Waals surface area (Å²) in [6.07, 6.45) is 0. The molecule has 0 aliphatic carbocycles. The quantitative estimate of drug-likeness (QED) is 0.705. The Balaban J connectivity index is 2.30. The lowest BCUT2D eigenvalue weighted by Gasteiger charge is -2.29. The molecule has 1 N–H and O–H groups in total. The van der Waals surface area contributed by atoms with E-state index >= 15 is 0 Å². The predicted molar refractivity (Wildman–Crippen MR) is 59.4 cm³/mol. The Hall–Kier alpha value is 0.620. The maximum absolute atomic E-state index is 3.49. The van der Waals surface area contributed by atoms with Gasteiger partial charge in [-0.3, -0.25) is 0 Å². The number of hydrogen-bond donors (Lipinski definition) is 1. The van der Waals surface area contributed by atoms with Crippen molar-refractivity contribution in [2.24, 2.45) is 0 Å². The summed E-state index contributed by atoms with van der Waals surface area (Å²) < 4.78 is 0. The summed E-state index contributed by atoms with van der Waals surface area (Å²) in [5.74, 6) is 4.80. The van der Waals surface area contributed by atoms with Crippen molar-refractivity contribution >= 4 is 23.5 Å². The van der Waals surface area contributed by atoms with Gasteiger partial charge in [-0.15, -0.1) is 23.5 Å². The smallest absolute Gasteiger partial charge is 0.0597 e. The number of nitrogens with one attached hydrogen (secondary N) is 1. The number of rotatable bonds is 1. The second-order valence-electron chi connectivity index (χ2n) is 3.98. The van der Waals surface area contributed by atoms with Crippen molar-refractivity contribution in [1.82, 2.24) is 10.4 Å². The number of hydrazine groups is 1. The topological polar surface area (TPSA) is 15.3 Å². The molecule has 0 atom stereocenters. The van der Waals surface area contributed by atoms with Gasteiger partial charge in [0.25, 0.3) is 0 Å². The number of thioether (sulfide) groups is 2. The normalized spacial score (nSPS) is 22.2. The van der Waals surface area contributed by atoms with Gasteiger partial charge in [-0.25, -0.2) is 10.4 Å². The van der Waals surface area contributed by atoms with Crippen LogP contribution in [0.3, 0.4) is 0 Å². The maximum atomic E-state index is 3.49. The van der Waals surface area contributed by atoms with Crippen molar-refractivity contribution in [2.75, 3.05) is 23.3 Å². The average molecular weight is 206 g/mol. The summed E-state index contributed by atoms with van der Waals surface area (Å²) in [6.45, 7) is 6.60. The highest BCUT2D eigenvalue weighted by molar-refractivity contribution is 8.03. The Kier molecular flexibility index (Phi) is 4.23. The van der Waals surface area contributed by atoms with Crippen molar-refractivity contribution in [3.05, 3.63) is 0 Å². The van der Waals surface area contributed by atoms with E-state index in [9.17, 15) is 0 Å². The molecule has 4 heteroatoms. The third-order valence-corrected chi connectivity index (χ3v) is 3.59. The second-order valence-corrected chi connectivity index (χ2v) is 6.13. The van der Waals surface area contributed by atoms with Crippen LogP contribution in [-0.4, -0.2) is 33.8 Å². The largest absolute Gasteiger partial charge is 0.248 e. The van der Waals surface area contributed by atoms with Gasteiger partial charge in [0.15, 0.2) is 0 Å². The van der Waals surface area contributed by atoms with Crippen LogP contribution >= 0.6 is 23.5 Å². The van der Waals surface area contributed by atoms with Gasteiger partial charge >= 0.3 is 0 Å². The van der Waals surface area contributed by atoms with Crippen LogP contribution in [0.5, 0.6) is 0 Å². The Morgan fingerprint density at radius 2 is 1.58 bits per heavy atom. The van der Waals surface area contributed by atoms with Crippen LogP contribution in [0, 0.1) is 0 Å².